The van der Waals surface area contributed by atoms with Gasteiger partial charge in [0.1, 0.15) is 10.6 Å². The van der Waals surface area contributed by atoms with E-state index in [1.807, 2.05) is 12.1 Å². The smallest absolute Gasteiger partial charge is 0.339 e. The van der Waals surface area contributed by atoms with Crippen molar-refractivity contribution in [1.29, 1.82) is 0 Å². The number of hydrogen-bond donors (Lipinski definition) is 1. The Morgan fingerprint density at radius 1 is 1.06 bits per heavy atom. The van der Waals surface area contributed by atoms with E-state index in [0.29, 0.717) is 21.3 Å². The first-order valence-corrected chi connectivity index (χ1v) is 12.6. The highest BCUT2D eigenvalue weighted by Gasteiger charge is 2.25. The summed E-state index contributed by atoms with van der Waals surface area (Å²) in [5, 5.41) is 14.0. The van der Waals surface area contributed by atoms with Gasteiger partial charge in [-0.05, 0) is 54.2 Å². The monoisotopic (exact) mass is 559 g/mol. The van der Waals surface area contributed by atoms with Gasteiger partial charge in [-0.15, -0.1) is 0 Å². The van der Waals surface area contributed by atoms with Crippen LogP contribution in [-0.2, 0) is 14.9 Å². The van der Waals surface area contributed by atoms with Crippen LogP contribution in [0.15, 0.2) is 92.1 Å². The fourth-order valence-corrected chi connectivity index (χ4v) is 4.94. The normalized spacial score (nSPS) is 16.0. The lowest BCUT2D eigenvalue weighted by molar-refractivity contribution is -0.385. The zero-order valence-corrected chi connectivity index (χ0v) is 20.3. The molecule has 0 aliphatic carbocycles. The van der Waals surface area contributed by atoms with Gasteiger partial charge >= 0.3 is 10.1 Å². The number of carbonyl (C=O) groups excluding carboxylic acids is 1. The largest absolute Gasteiger partial charge is 0.378 e. The number of nitrogens with zero attached hydrogens (tertiary/aromatic N) is 2. The molecule has 0 unspecified atom stereocenters. The number of aliphatic imine (C=N–C) groups is 1. The maximum Gasteiger partial charge on any atom is 0.339 e. The molecule has 1 heterocycles. The van der Waals surface area contributed by atoms with E-state index in [9.17, 15) is 23.3 Å². The molecule has 34 heavy (non-hydrogen) atoms. The van der Waals surface area contributed by atoms with Gasteiger partial charge in [0.2, 0.25) is 0 Å². The molecule has 1 amide bonds. The van der Waals surface area contributed by atoms with Crippen LogP contribution in [0.1, 0.15) is 5.56 Å². The van der Waals surface area contributed by atoms with Gasteiger partial charge in [-0.1, -0.05) is 40.2 Å². The van der Waals surface area contributed by atoms with Crippen molar-refractivity contribution in [2.75, 3.05) is 0 Å². The van der Waals surface area contributed by atoms with Crippen molar-refractivity contribution < 1.29 is 22.3 Å². The van der Waals surface area contributed by atoms with Crippen LogP contribution in [0.4, 0.5) is 11.4 Å². The third kappa shape index (κ3) is 5.53. The Morgan fingerprint density at radius 2 is 1.79 bits per heavy atom. The van der Waals surface area contributed by atoms with Crippen LogP contribution in [0, 0.1) is 10.1 Å². The number of nitro groups is 1. The number of nitrogens with one attached hydrogen (secondary N) is 1. The summed E-state index contributed by atoms with van der Waals surface area (Å²) in [6.45, 7) is 0. The average Bonchev–Trinajstić information content (AvgIpc) is 3.15. The lowest BCUT2D eigenvalue weighted by Crippen LogP contribution is -2.19. The first-order chi connectivity index (χ1) is 16.2. The summed E-state index contributed by atoms with van der Waals surface area (Å²) in [4.78, 5) is 27.1. The number of non-ortho nitro benzene ring substituents is 1. The molecule has 1 aliphatic heterocycles. The fraction of sp³-hybridized carbons (Fsp3) is 0. The van der Waals surface area contributed by atoms with E-state index in [4.69, 9.17) is 4.18 Å². The molecule has 0 aromatic heterocycles. The molecular formula is C22H14BrN3O6S2. The van der Waals surface area contributed by atoms with Crippen molar-refractivity contribution >= 4 is 66.3 Å². The highest BCUT2D eigenvalue weighted by Crippen LogP contribution is 2.32. The van der Waals surface area contributed by atoms with Crippen LogP contribution in [0.2, 0.25) is 0 Å². The Bertz CT molecular complexity index is 1450. The van der Waals surface area contributed by atoms with Crippen molar-refractivity contribution in [3.8, 4) is 5.75 Å². The first kappa shape index (κ1) is 23.7. The summed E-state index contributed by atoms with van der Waals surface area (Å²) in [7, 11) is -4.36. The summed E-state index contributed by atoms with van der Waals surface area (Å²) in [5.41, 5.74) is 0.606. The number of carbonyl (C=O) groups is 1. The second kappa shape index (κ2) is 9.79. The molecule has 1 N–H and O–H groups in total. The molecule has 3 aromatic carbocycles. The van der Waals surface area contributed by atoms with Gasteiger partial charge in [0.05, 0.1) is 15.5 Å². The second-order valence-corrected chi connectivity index (χ2v) is 10.3. The molecule has 0 bridgehead atoms. The van der Waals surface area contributed by atoms with Crippen LogP contribution in [0.25, 0.3) is 6.08 Å². The highest BCUT2D eigenvalue weighted by atomic mass is 79.9. The fourth-order valence-electron chi connectivity index (χ4n) is 2.85. The quantitative estimate of drug-likeness (QED) is 0.194. The van der Waals surface area contributed by atoms with E-state index < -0.39 is 20.9 Å². The third-order valence-electron chi connectivity index (χ3n) is 4.43. The van der Waals surface area contributed by atoms with Crippen molar-refractivity contribution in [1.82, 2.24) is 5.32 Å². The summed E-state index contributed by atoms with van der Waals surface area (Å²) >= 11 is 4.45. The number of rotatable bonds is 6. The minimum atomic E-state index is -4.36. The zero-order valence-electron chi connectivity index (χ0n) is 17.0. The molecule has 0 atom stereocenters. The molecule has 3 aromatic rings. The Labute approximate surface area is 207 Å². The summed E-state index contributed by atoms with van der Waals surface area (Å²) in [6.07, 6.45) is 1.49. The molecule has 1 fully saturated rings. The van der Waals surface area contributed by atoms with E-state index >= 15 is 0 Å². The predicted octanol–water partition coefficient (Wildman–Crippen LogP) is 5.02. The molecule has 0 saturated carbocycles. The number of amidine groups is 1. The SMILES string of the molecule is O=C1NC(=Nc2ccc(Br)cc2)S/C1=C\c1ccccc1OS(=O)(=O)c1cccc([N+](=O)[O-])c1. The van der Waals surface area contributed by atoms with Gasteiger partial charge in [0, 0.05) is 22.2 Å². The number of hydrogen-bond acceptors (Lipinski definition) is 8. The average molecular weight is 560 g/mol. The number of amides is 1. The van der Waals surface area contributed by atoms with Crippen molar-refractivity contribution in [2.45, 2.75) is 4.90 Å². The molecule has 0 spiro atoms. The van der Waals surface area contributed by atoms with Crippen molar-refractivity contribution in [3.63, 3.8) is 0 Å². The number of para-hydroxylation sites is 1. The van der Waals surface area contributed by atoms with Gasteiger partial charge in [0.15, 0.2) is 5.17 Å². The van der Waals surface area contributed by atoms with Crippen molar-refractivity contribution in [3.05, 3.63) is 97.9 Å². The van der Waals surface area contributed by atoms with Gasteiger partial charge in [-0.3, -0.25) is 14.9 Å². The van der Waals surface area contributed by atoms with E-state index in [0.717, 1.165) is 22.3 Å². The number of halogens is 1. The molecule has 12 heteroatoms. The molecular weight excluding hydrogens is 546 g/mol. The molecule has 4 rings (SSSR count). The van der Waals surface area contributed by atoms with E-state index in [2.05, 4.69) is 26.2 Å². The van der Waals surface area contributed by atoms with Crippen LogP contribution in [0.3, 0.4) is 0 Å². The zero-order chi connectivity index (χ0) is 24.3. The van der Waals surface area contributed by atoms with Gasteiger partial charge < -0.3 is 9.50 Å². The summed E-state index contributed by atoms with van der Waals surface area (Å²) in [6, 6.07) is 18.0. The van der Waals surface area contributed by atoms with Crippen LogP contribution < -0.4 is 9.50 Å². The standard InChI is InChI=1S/C22H14BrN3O6S2/c23-15-8-10-16(11-9-15)24-22-25-21(27)20(33-22)12-14-4-1-2-7-19(14)32-34(30,31)18-6-3-5-17(13-18)26(28)29/h1-13H,(H,24,25,27)/b20-12-. The van der Waals surface area contributed by atoms with E-state index in [1.54, 1.807) is 30.3 Å². The van der Waals surface area contributed by atoms with Crippen LogP contribution >= 0.6 is 27.7 Å². The van der Waals surface area contributed by atoms with E-state index in [1.165, 1.54) is 30.3 Å². The maximum absolute atomic E-state index is 12.7. The number of nitro benzene ring substituents is 1. The molecule has 9 nitrogen and oxygen atoms in total. The van der Waals surface area contributed by atoms with E-state index in [-0.39, 0.29) is 16.3 Å². The van der Waals surface area contributed by atoms with Gasteiger partial charge in [-0.25, -0.2) is 4.99 Å². The van der Waals surface area contributed by atoms with Gasteiger partial charge in [0.25, 0.3) is 11.6 Å². The first-order valence-electron chi connectivity index (χ1n) is 9.54. The summed E-state index contributed by atoms with van der Waals surface area (Å²) < 4.78 is 31.6. The van der Waals surface area contributed by atoms with Gasteiger partial charge in [-0.2, -0.15) is 8.42 Å². The third-order valence-corrected chi connectivity index (χ3v) is 7.10. The Morgan fingerprint density at radius 3 is 2.53 bits per heavy atom. The topological polar surface area (TPSA) is 128 Å². The molecule has 1 aliphatic rings. The molecule has 0 radical (unpaired) electrons. The Kier molecular flexibility index (Phi) is 6.82. The molecule has 172 valence electrons. The number of benzene rings is 3. The Balaban J connectivity index is 1.60. The van der Waals surface area contributed by atoms with Crippen molar-refractivity contribution in [2.24, 2.45) is 4.99 Å². The summed E-state index contributed by atoms with van der Waals surface area (Å²) in [5.74, 6) is -0.426. The van der Waals surface area contributed by atoms with Crippen LogP contribution in [-0.4, -0.2) is 24.4 Å². The minimum Gasteiger partial charge on any atom is -0.378 e. The second-order valence-electron chi connectivity index (χ2n) is 6.79. The molecule has 1 saturated heterocycles. The number of thioether (sulfide) groups is 1. The highest BCUT2D eigenvalue weighted by molar-refractivity contribution is 9.10. The maximum atomic E-state index is 12.7. The lowest BCUT2D eigenvalue weighted by Gasteiger charge is -2.09. The Hall–Kier alpha value is -3.48. The lowest BCUT2D eigenvalue weighted by atomic mass is 10.2. The minimum absolute atomic E-state index is 0.0341. The van der Waals surface area contributed by atoms with Crippen LogP contribution in [0.5, 0.6) is 5.75 Å². The predicted molar refractivity (Wildman–Crippen MR) is 132 cm³/mol.